The molecule has 0 amide bonds. The molecule has 2 aromatic carbocycles. The largest absolute Gasteiger partial charge is 0.496 e. The fraction of sp³-hybridized carbons (Fsp3) is 0.278. The number of nitrogens with zero attached hydrogens (tertiary/aromatic N) is 1. The lowest BCUT2D eigenvalue weighted by Crippen LogP contribution is -2.41. The van der Waals surface area contributed by atoms with Crippen LogP contribution in [0.25, 0.3) is 0 Å². The van der Waals surface area contributed by atoms with E-state index in [-0.39, 0.29) is 12.4 Å². The summed E-state index contributed by atoms with van der Waals surface area (Å²) in [5.41, 5.74) is 1.80. The maximum atomic E-state index is 13.8. The molecule has 0 aromatic heterocycles. The fourth-order valence-electron chi connectivity index (χ4n) is 2.99. The van der Waals surface area contributed by atoms with Crippen molar-refractivity contribution in [3.8, 4) is 11.5 Å². The lowest BCUT2D eigenvalue weighted by atomic mass is 9.95. The van der Waals surface area contributed by atoms with Gasteiger partial charge in [-0.1, -0.05) is 12.1 Å². The van der Waals surface area contributed by atoms with Crippen LogP contribution in [0.4, 0.5) is 10.1 Å². The summed E-state index contributed by atoms with van der Waals surface area (Å²) in [6.45, 7) is 0.698. The average Bonchev–Trinajstić information content (AvgIpc) is 2.62. The second-order valence-corrected chi connectivity index (χ2v) is 6.06. The van der Waals surface area contributed by atoms with E-state index in [0.29, 0.717) is 34.4 Å². The van der Waals surface area contributed by atoms with Gasteiger partial charge in [-0.15, -0.1) is 0 Å². The van der Waals surface area contributed by atoms with Crippen LogP contribution in [0.5, 0.6) is 11.5 Å². The third-order valence-corrected chi connectivity index (χ3v) is 4.55. The van der Waals surface area contributed by atoms with E-state index in [9.17, 15) is 9.50 Å². The highest BCUT2D eigenvalue weighted by Crippen LogP contribution is 2.39. The highest BCUT2D eigenvalue weighted by Gasteiger charge is 2.30. The summed E-state index contributed by atoms with van der Waals surface area (Å²) in [4.78, 5) is 1.77. The number of β-amino-alcohol motifs (C(OH)–C–C–N with tert-alkyl or cyclic N) is 1. The van der Waals surface area contributed by atoms with Gasteiger partial charge in [0.05, 0.1) is 26.5 Å². The molecule has 132 valence electrons. The second kappa shape index (κ2) is 7.25. The van der Waals surface area contributed by atoms with E-state index in [1.54, 1.807) is 49.5 Å². The summed E-state index contributed by atoms with van der Waals surface area (Å²) in [6.07, 6.45) is -0.797. The first kappa shape index (κ1) is 17.4. The molecule has 25 heavy (non-hydrogen) atoms. The van der Waals surface area contributed by atoms with E-state index in [0.717, 1.165) is 5.56 Å². The molecule has 0 saturated heterocycles. The maximum absolute atomic E-state index is 13.8. The van der Waals surface area contributed by atoms with Gasteiger partial charge in [0, 0.05) is 17.7 Å². The molecule has 5 nitrogen and oxygen atoms in total. The van der Waals surface area contributed by atoms with Gasteiger partial charge in [0.2, 0.25) is 0 Å². The van der Waals surface area contributed by atoms with Crippen LogP contribution in [0.1, 0.15) is 17.2 Å². The third kappa shape index (κ3) is 3.38. The molecule has 0 fully saturated rings. The Labute approximate surface area is 151 Å². The lowest BCUT2D eigenvalue weighted by molar-refractivity contribution is 0.123. The number of rotatable bonds is 3. The Morgan fingerprint density at radius 1 is 1.20 bits per heavy atom. The van der Waals surface area contributed by atoms with Crippen molar-refractivity contribution in [2.75, 3.05) is 26.1 Å². The summed E-state index contributed by atoms with van der Waals surface area (Å²) in [5, 5.41) is 13.8. The highest BCUT2D eigenvalue weighted by molar-refractivity contribution is 7.80. The average molecular weight is 362 g/mol. The van der Waals surface area contributed by atoms with Crippen molar-refractivity contribution in [1.82, 2.24) is 4.90 Å². The second-order valence-electron chi connectivity index (χ2n) is 5.67. The summed E-state index contributed by atoms with van der Waals surface area (Å²) in [7, 11) is 3.13. The van der Waals surface area contributed by atoms with Crippen LogP contribution in [0.3, 0.4) is 0 Å². The van der Waals surface area contributed by atoms with Crippen LogP contribution in [0.15, 0.2) is 36.4 Å². The van der Waals surface area contributed by atoms with Gasteiger partial charge >= 0.3 is 0 Å². The number of aliphatic hydroxyl groups excluding tert-OH is 1. The van der Waals surface area contributed by atoms with Crippen molar-refractivity contribution in [3.63, 3.8) is 0 Å². The maximum Gasteiger partial charge on any atom is 0.173 e. The van der Waals surface area contributed by atoms with Crippen LogP contribution >= 0.6 is 12.2 Å². The molecule has 1 aliphatic rings. The lowest BCUT2D eigenvalue weighted by Gasteiger charge is -2.35. The molecule has 3 rings (SSSR count). The molecule has 0 bridgehead atoms. The first-order valence-corrected chi connectivity index (χ1v) is 8.18. The highest BCUT2D eigenvalue weighted by atomic mass is 32.1. The van der Waals surface area contributed by atoms with Crippen LogP contribution in [0, 0.1) is 5.82 Å². The minimum Gasteiger partial charge on any atom is -0.496 e. The Bertz CT molecular complexity index is 800. The first-order valence-electron chi connectivity index (χ1n) is 7.77. The van der Waals surface area contributed by atoms with Gasteiger partial charge in [-0.25, -0.2) is 4.39 Å². The fourth-order valence-corrected chi connectivity index (χ4v) is 3.24. The molecule has 1 aliphatic heterocycles. The van der Waals surface area contributed by atoms with Gasteiger partial charge in [-0.2, -0.15) is 0 Å². The van der Waals surface area contributed by atoms with Gasteiger partial charge < -0.3 is 24.8 Å². The molecular formula is C18H19FN2O3S. The molecular weight excluding hydrogens is 343 g/mol. The molecule has 2 N–H and O–H groups in total. The Hall–Kier alpha value is -2.38. The van der Waals surface area contributed by atoms with Crippen LogP contribution in [-0.4, -0.2) is 35.9 Å². The molecule has 0 spiro atoms. The number of benzene rings is 2. The van der Waals surface area contributed by atoms with E-state index in [1.807, 2.05) is 0 Å². The molecule has 1 heterocycles. The normalized spacial score (nSPS) is 16.2. The van der Waals surface area contributed by atoms with Crippen molar-refractivity contribution < 1.29 is 19.0 Å². The Morgan fingerprint density at radius 3 is 2.56 bits per heavy atom. The minimum absolute atomic E-state index is 0.275. The summed E-state index contributed by atoms with van der Waals surface area (Å²) >= 11 is 5.40. The number of fused-ring (bicyclic) bond motifs is 1. The molecule has 0 aliphatic carbocycles. The number of anilines is 1. The van der Waals surface area contributed by atoms with Crippen molar-refractivity contribution in [2.24, 2.45) is 0 Å². The van der Waals surface area contributed by atoms with Gasteiger partial charge in [0.1, 0.15) is 23.4 Å². The topological polar surface area (TPSA) is 54.0 Å². The van der Waals surface area contributed by atoms with Crippen molar-refractivity contribution in [2.45, 2.75) is 12.6 Å². The van der Waals surface area contributed by atoms with Gasteiger partial charge in [0.15, 0.2) is 5.11 Å². The molecule has 7 heteroatoms. The van der Waals surface area contributed by atoms with Crippen molar-refractivity contribution >= 4 is 23.0 Å². The predicted molar refractivity (Wildman–Crippen MR) is 97.5 cm³/mol. The number of thiocarbonyl (C=S) groups is 1. The van der Waals surface area contributed by atoms with Crippen molar-refractivity contribution in [3.05, 3.63) is 53.3 Å². The van der Waals surface area contributed by atoms with E-state index in [4.69, 9.17) is 21.7 Å². The quantitative estimate of drug-likeness (QED) is 0.819. The SMILES string of the molecule is COc1ccc(OC)c2c1CN(C(=S)Nc1ccccc1F)C[C@@H]2O. The molecule has 0 radical (unpaired) electrons. The molecule has 1 atom stereocenters. The number of hydrogen-bond acceptors (Lipinski definition) is 4. The molecule has 0 saturated carbocycles. The Balaban J connectivity index is 1.88. The number of para-hydroxylation sites is 1. The number of ether oxygens (including phenoxy) is 2. The standard InChI is InChI=1S/C18H19FN2O3S/c1-23-15-7-8-16(24-2)17-11(15)9-21(10-14(17)22)18(25)20-13-6-4-3-5-12(13)19/h3-8,14,22H,9-10H2,1-2H3,(H,20,25)/t14-/m0/s1. The smallest absolute Gasteiger partial charge is 0.173 e. The van der Waals surface area contributed by atoms with Crippen LogP contribution in [-0.2, 0) is 6.54 Å². The molecule has 2 aromatic rings. The summed E-state index contributed by atoms with van der Waals surface area (Å²) in [5.74, 6) is 0.867. The van der Waals surface area contributed by atoms with Crippen LogP contribution in [0.2, 0.25) is 0 Å². The van der Waals surface area contributed by atoms with E-state index >= 15 is 0 Å². The number of hydrogen-bond donors (Lipinski definition) is 2. The number of halogens is 1. The Morgan fingerprint density at radius 2 is 1.88 bits per heavy atom. The summed E-state index contributed by atoms with van der Waals surface area (Å²) < 4.78 is 24.6. The van der Waals surface area contributed by atoms with E-state index < -0.39 is 6.10 Å². The number of nitrogens with one attached hydrogen (secondary N) is 1. The predicted octanol–water partition coefficient (Wildman–Crippen LogP) is 3.09. The van der Waals surface area contributed by atoms with Gasteiger partial charge in [-0.3, -0.25) is 0 Å². The van der Waals surface area contributed by atoms with Crippen LogP contribution < -0.4 is 14.8 Å². The van der Waals surface area contributed by atoms with Gasteiger partial charge in [-0.05, 0) is 36.5 Å². The van der Waals surface area contributed by atoms with E-state index in [1.165, 1.54) is 6.07 Å². The monoisotopic (exact) mass is 362 g/mol. The minimum atomic E-state index is -0.797. The number of aliphatic hydroxyl groups is 1. The number of methoxy groups -OCH3 is 2. The zero-order valence-electron chi connectivity index (χ0n) is 14.0. The van der Waals surface area contributed by atoms with Gasteiger partial charge in [0.25, 0.3) is 0 Å². The molecule has 0 unspecified atom stereocenters. The zero-order valence-corrected chi connectivity index (χ0v) is 14.8. The van der Waals surface area contributed by atoms with Crippen molar-refractivity contribution in [1.29, 1.82) is 0 Å². The zero-order chi connectivity index (χ0) is 18.0. The summed E-state index contributed by atoms with van der Waals surface area (Å²) in [6, 6.07) is 9.87. The first-order chi connectivity index (χ1) is 12.0. The Kier molecular flexibility index (Phi) is 5.06. The third-order valence-electron chi connectivity index (χ3n) is 4.19. The van der Waals surface area contributed by atoms with E-state index in [2.05, 4.69) is 5.32 Å².